The third-order valence-corrected chi connectivity index (χ3v) is 13.4. The molecule has 0 spiro atoms. The van der Waals surface area contributed by atoms with Crippen LogP contribution in [0.4, 0.5) is 0 Å². The number of hydrogen-bond acceptors (Lipinski definition) is 1. The maximum absolute atomic E-state index is 2.71. The van der Waals surface area contributed by atoms with E-state index < -0.39 is 19.8 Å². The summed E-state index contributed by atoms with van der Waals surface area (Å²) in [6, 6.07) is 8.90. The summed E-state index contributed by atoms with van der Waals surface area (Å²) in [6.45, 7) is 8.22. The SMILES string of the molecule is CCCC1CCCC(N(C)Cc2ccccc2C)I1CC. The Labute approximate surface area is 138 Å². The van der Waals surface area contributed by atoms with Crippen LogP contribution in [0, 0.1) is 6.92 Å². The minimum absolute atomic E-state index is 0.839. The van der Waals surface area contributed by atoms with Gasteiger partial charge in [0.1, 0.15) is 0 Å². The quantitative estimate of drug-likeness (QED) is 0.339. The number of aryl methyl sites for hydroxylation is 1. The molecule has 0 saturated carbocycles. The van der Waals surface area contributed by atoms with E-state index >= 15 is 0 Å². The molecule has 2 unspecified atom stereocenters. The first kappa shape index (κ1) is 17.3. The van der Waals surface area contributed by atoms with Gasteiger partial charge >= 0.3 is 139 Å². The Kier molecular flexibility index (Phi) is 7.00. The van der Waals surface area contributed by atoms with Crippen molar-refractivity contribution in [1.29, 1.82) is 0 Å². The van der Waals surface area contributed by atoms with Crippen LogP contribution in [0.15, 0.2) is 24.3 Å². The molecule has 2 atom stereocenters. The van der Waals surface area contributed by atoms with Crippen molar-refractivity contribution in [2.75, 3.05) is 11.5 Å². The maximum atomic E-state index is 2.71. The third kappa shape index (κ3) is 4.44. The van der Waals surface area contributed by atoms with Crippen molar-refractivity contribution < 1.29 is 0 Å². The molecule has 1 aromatic carbocycles. The van der Waals surface area contributed by atoms with E-state index in [2.05, 4.69) is 57.0 Å². The second kappa shape index (κ2) is 8.52. The van der Waals surface area contributed by atoms with Gasteiger partial charge in [-0.3, -0.25) is 0 Å². The summed E-state index contributed by atoms with van der Waals surface area (Å²) >= 11 is -0.839. The molecule has 0 aliphatic carbocycles. The van der Waals surface area contributed by atoms with Gasteiger partial charge in [0.05, 0.1) is 0 Å². The minimum atomic E-state index is -0.839. The molecule has 21 heavy (non-hydrogen) atoms. The van der Waals surface area contributed by atoms with Gasteiger partial charge in [-0.25, -0.2) is 0 Å². The summed E-state index contributed by atoms with van der Waals surface area (Å²) in [5.74, 6) is 0. The van der Waals surface area contributed by atoms with Crippen molar-refractivity contribution in [3.8, 4) is 0 Å². The van der Waals surface area contributed by atoms with Crippen molar-refractivity contribution in [3.05, 3.63) is 35.4 Å². The molecule has 1 saturated heterocycles. The molecule has 1 aliphatic heterocycles. The van der Waals surface area contributed by atoms with Crippen LogP contribution in [-0.2, 0) is 6.54 Å². The predicted octanol–water partition coefficient (Wildman–Crippen LogP) is 5.63. The van der Waals surface area contributed by atoms with Crippen LogP contribution in [0.5, 0.6) is 0 Å². The van der Waals surface area contributed by atoms with E-state index in [-0.39, 0.29) is 0 Å². The molecule has 1 aromatic rings. The summed E-state index contributed by atoms with van der Waals surface area (Å²) in [7, 11) is 2.38. The number of rotatable bonds is 6. The zero-order valence-corrected chi connectivity index (χ0v) is 16.4. The van der Waals surface area contributed by atoms with Crippen molar-refractivity contribution in [2.45, 2.75) is 67.4 Å². The summed E-state index contributed by atoms with van der Waals surface area (Å²) < 4.78 is 3.54. The Morgan fingerprint density at radius 1 is 1.19 bits per heavy atom. The van der Waals surface area contributed by atoms with Crippen molar-refractivity contribution in [3.63, 3.8) is 0 Å². The second-order valence-corrected chi connectivity index (χ2v) is 13.5. The average molecular weight is 401 g/mol. The molecular weight excluding hydrogens is 369 g/mol. The first-order valence-electron chi connectivity index (χ1n) is 8.55. The van der Waals surface area contributed by atoms with Gasteiger partial charge in [-0.1, -0.05) is 0 Å². The fourth-order valence-corrected chi connectivity index (χ4v) is 12.3. The zero-order valence-electron chi connectivity index (χ0n) is 14.2. The standard InChI is InChI=1S/C19H32IN/c1-5-10-18-13-9-14-19(20(18)6-2)21(4)15-17-12-8-7-11-16(17)3/h7-8,11-12,18-19H,5-6,9-10,13-15H2,1-4H3. The number of benzene rings is 1. The number of nitrogens with zero attached hydrogens (tertiary/aromatic N) is 1. The molecule has 1 fully saturated rings. The van der Waals surface area contributed by atoms with Gasteiger partial charge in [0.15, 0.2) is 0 Å². The molecule has 2 rings (SSSR count). The van der Waals surface area contributed by atoms with E-state index in [0.717, 1.165) is 14.5 Å². The van der Waals surface area contributed by atoms with Gasteiger partial charge in [0.25, 0.3) is 0 Å². The molecule has 1 nitrogen and oxygen atoms in total. The second-order valence-electron chi connectivity index (χ2n) is 6.29. The van der Waals surface area contributed by atoms with Gasteiger partial charge in [-0.15, -0.1) is 0 Å². The number of alkyl halides is 3. The van der Waals surface area contributed by atoms with Gasteiger partial charge in [0, 0.05) is 0 Å². The van der Waals surface area contributed by atoms with Crippen LogP contribution in [0.2, 0.25) is 0 Å². The molecule has 0 N–H and O–H groups in total. The van der Waals surface area contributed by atoms with Crippen LogP contribution in [-0.4, -0.2) is 24.3 Å². The first-order valence-corrected chi connectivity index (χ1v) is 12.6. The Bertz CT molecular complexity index is 429. The zero-order chi connectivity index (χ0) is 15.2. The van der Waals surface area contributed by atoms with E-state index in [1.54, 1.807) is 0 Å². The van der Waals surface area contributed by atoms with Crippen molar-refractivity contribution >= 4 is 19.8 Å². The van der Waals surface area contributed by atoms with E-state index in [9.17, 15) is 0 Å². The van der Waals surface area contributed by atoms with Crippen LogP contribution < -0.4 is 0 Å². The van der Waals surface area contributed by atoms with Gasteiger partial charge in [-0.2, -0.15) is 0 Å². The molecule has 0 radical (unpaired) electrons. The van der Waals surface area contributed by atoms with E-state index in [1.807, 2.05) is 0 Å². The molecule has 120 valence electrons. The van der Waals surface area contributed by atoms with Crippen LogP contribution in [0.1, 0.15) is 57.1 Å². The summed E-state index contributed by atoms with van der Waals surface area (Å²) in [4.78, 5) is 2.71. The fourth-order valence-electron chi connectivity index (χ4n) is 3.58. The Morgan fingerprint density at radius 3 is 2.62 bits per heavy atom. The normalized spacial score (nSPS) is 24.5. The topological polar surface area (TPSA) is 3.24 Å². The van der Waals surface area contributed by atoms with E-state index in [0.29, 0.717) is 0 Å². The van der Waals surface area contributed by atoms with Crippen molar-refractivity contribution in [2.24, 2.45) is 0 Å². The number of hydrogen-bond donors (Lipinski definition) is 0. The van der Waals surface area contributed by atoms with Gasteiger partial charge < -0.3 is 0 Å². The molecule has 2 heteroatoms. The van der Waals surface area contributed by atoms with E-state index in [1.165, 1.54) is 47.7 Å². The Hall–Kier alpha value is -0.0900. The Balaban J connectivity index is 2.06. The number of halogens is 1. The van der Waals surface area contributed by atoms with Crippen LogP contribution >= 0.6 is 19.8 Å². The fraction of sp³-hybridized carbons (Fsp3) is 0.684. The van der Waals surface area contributed by atoms with Gasteiger partial charge in [0.2, 0.25) is 0 Å². The summed E-state index contributed by atoms with van der Waals surface area (Å²) in [6.07, 6.45) is 7.32. The molecule has 0 aromatic heterocycles. The molecule has 1 heterocycles. The van der Waals surface area contributed by atoms with E-state index in [4.69, 9.17) is 0 Å². The van der Waals surface area contributed by atoms with Crippen LogP contribution in [0.25, 0.3) is 0 Å². The Morgan fingerprint density at radius 2 is 1.95 bits per heavy atom. The van der Waals surface area contributed by atoms with Crippen LogP contribution in [0.3, 0.4) is 0 Å². The summed E-state index contributed by atoms with van der Waals surface area (Å²) in [5, 5.41) is 0. The first-order chi connectivity index (χ1) is 10.2. The third-order valence-electron chi connectivity index (χ3n) is 4.75. The average Bonchev–Trinajstić information content (AvgIpc) is 2.49. The molecule has 0 amide bonds. The molecule has 0 bridgehead atoms. The summed E-state index contributed by atoms with van der Waals surface area (Å²) in [5.41, 5.74) is 2.96. The molecular formula is C19H32IN. The molecule has 1 aliphatic rings. The van der Waals surface area contributed by atoms with Gasteiger partial charge in [-0.05, 0) is 0 Å². The monoisotopic (exact) mass is 401 g/mol. The van der Waals surface area contributed by atoms with Crippen molar-refractivity contribution in [1.82, 2.24) is 4.90 Å². The predicted molar refractivity (Wildman–Crippen MR) is 104 cm³/mol.